The molecule has 2 amide bonds. The molecule has 0 aliphatic carbocycles. The number of hydrogen-bond acceptors (Lipinski definition) is 3. The number of anilines is 1. The number of nitrogens with one attached hydrogen (secondary N) is 1. The first-order valence-electron chi connectivity index (χ1n) is 8.29. The van der Waals surface area contributed by atoms with E-state index in [0.29, 0.717) is 13.1 Å². The number of nitrogens with zero attached hydrogens (tertiary/aromatic N) is 1. The molecule has 0 spiro atoms. The SMILES string of the molecule is CCc1ccccc1N1C[C@@H](C(=O)NCc2ccc(C)s2)CC1=O. The van der Waals surface area contributed by atoms with E-state index in [0.717, 1.165) is 22.5 Å². The number of amides is 2. The van der Waals surface area contributed by atoms with E-state index in [1.807, 2.05) is 30.3 Å². The van der Waals surface area contributed by atoms with E-state index >= 15 is 0 Å². The molecule has 1 aliphatic rings. The lowest BCUT2D eigenvalue weighted by Gasteiger charge is -2.19. The molecule has 0 unspecified atom stereocenters. The van der Waals surface area contributed by atoms with E-state index in [2.05, 4.69) is 25.2 Å². The van der Waals surface area contributed by atoms with Crippen molar-refractivity contribution in [3.63, 3.8) is 0 Å². The first kappa shape index (κ1) is 16.7. The minimum Gasteiger partial charge on any atom is -0.351 e. The van der Waals surface area contributed by atoms with E-state index in [9.17, 15) is 9.59 Å². The van der Waals surface area contributed by atoms with Crippen molar-refractivity contribution in [2.24, 2.45) is 5.92 Å². The van der Waals surface area contributed by atoms with Gasteiger partial charge in [0.1, 0.15) is 0 Å². The summed E-state index contributed by atoms with van der Waals surface area (Å²) in [7, 11) is 0. The highest BCUT2D eigenvalue weighted by Crippen LogP contribution is 2.28. The molecule has 3 rings (SSSR count). The third kappa shape index (κ3) is 3.51. The van der Waals surface area contributed by atoms with E-state index in [1.165, 1.54) is 4.88 Å². The van der Waals surface area contributed by atoms with Crippen molar-refractivity contribution in [3.05, 3.63) is 51.7 Å². The average Bonchev–Trinajstić information content (AvgIpc) is 3.18. The van der Waals surface area contributed by atoms with Crippen LogP contribution < -0.4 is 10.2 Å². The minimum absolute atomic E-state index is 0.0306. The highest BCUT2D eigenvalue weighted by Gasteiger charge is 2.35. The molecule has 0 saturated carbocycles. The fraction of sp³-hybridized carbons (Fsp3) is 0.368. The zero-order valence-corrected chi connectivity index (χ0v) is 14.9. The molecule has 2 aromatic rings. The number of rotatable bonds is 5. The van der Waals surface area contributed by atoms with Gasteiger partial charge in [0, 0.05) is 28.4 Å². The average molecular weight is 342 g/mol. The molecule has 2 heterocycles. The minimum atomic E-state index is -0.275. The highest BCUT2D eigenvalue weighted by atomic mass is 32.1. The Labute approximate surface area is 146 Å². The van der Waals surface area contributed by atoms with Gasteiger partial charge in [0.15, 0.2) is 0 Å². The Morgan fingerprint density at radius 2 is 2.08 bits per heavy atom. The predicted octanol–water partition coefficient (Wildman–Crippen LogP) is 3.29. The fourth-order valence-electron chi connectivity index (χ4n) is 3.09. The molecule has 1 aromatic heterocycles. The van der Waals surface area contributed by atoms with Crippen molar-refractivity contribution in [2.75, 3.05) is 11.4 Å². The maximum absolute atomic E-state index is 12.4. The molecular weight excluding hydrogens is 320 g/mol. The Hall–Kier alpha value is -2.14. The van der Waals surface area contributed by atoms with Crippen LogP contribution in [0.2, 0.25) is 0 Å². The Bertz CT molecular complexity index is 753. The summed E-state index contributed by atoms with van der Waals surface area (Å²) in [4.78, 5) is 28.9. The molecule has 4 nitrogen and oxygen atoms in total. The zero-order valence-electron chi connectivity index (χ0n) is 14.0. The van der Waals surface area contributed by atoms with E-state index in [4.69, 9.17) is 0 Å². The third-order valence-electron chi connectivity index (χ3n) is 4.39. The van der Waals surface area contributed by atoms with Gasteiger partial charge >= 0.3 is 0 Å². The maximum Gasteiger partial charge on any atom is 0.227 e. The molecule has 1 N–H and O–H groups in total. The molecule has 24 heavy (non-hydrogen) atoms. The lowest BCUT2D eigenvalue weighted by molar-refractivity contribution is -0.126. The van der Waals surface area contributed by atoms with Crippen molar-refractivity contribution < 1.29 is 9.59 Å². The van der Waals surface area contributed by atoms with Gasteiger partial charge < -0.3 is 10.2 Å². The van der Waals surface area contributed by atoms with E-state index in [-0.39, 0.29) is 24.2 Å². The topological polar surface area (TPSA) is 49.4 Å². The van der Waals surface area contributed by atoms with Crippen LogP contribution in [-0.2, 0) is 22.6 Å². The maximum atomic E-state index is 12.4. The lowest BCUT2D eigenvalue weighted by atomic mass is 10.1. The number of thiophene rings is 1. The van der Waals surface area contributed by atoms with Gasteiger partial charge in [0.05, 0.1) is 12.5 Å². The smallest absolute Gasteiger partial charge is 0.227 e. The number of carbonyl (C=O) groups excluding carboxylic acids is 2. The van der Waals surface area contributed by atoms with Crippen LogP contribution in [0.1, 0.15) is 28.7 Å². The summed E-state index contributed by atoms with van der Waals surface area (Å²) in [5.41, 5.74) is 2.08. The third-order valence-corrected chi connectivity index (χ3v) is 5.39. The number of carbonyl (C=O) groups is 2. The molecule has 1 fully saturated rings. The normalized spacial score (nSPS) is 17.3. The summed E-state index contributed by atoms with van der Waals surface area (Å²) in [5, 5.41) is 2.97. The van der Waals surface area contributed by atoms with Crippen LogP contribution >= 0.6 is 11.3 Å². The number of hydrogen-bond donors (Lipinski definition) is 1. The van der Waals surface area contributed by atoms with Crippen LogP contribution in [0.4, 0.5) is 5.69 Å². The second kappa shape index (κ2) is 7.18. The highest BCUT2D eigenvalue weighted by molar-refractivity contribution is 7.11. The number of aryl methyl sites for hydroxylation is 2. The van der Waals surface area contributed by atoms with E-state index < -0.39 is 0 Å². The van der Waals surface area contributed by atoms with Gasteiger partial charge in [-0.05, 0) is 37.1 Å². The summed E-state index contributed by atoms with van der Waals surface area (Å²) in [6.45, 7) is 5.12. The van der Waals surface area contributed by atoms with Gasteiger partial charge in [-0.3, -0.25) is 9.59 Å². The quantitative estimate of drug-likeness (QED) is 0.906. The fourth-order valence-corrected chi connectivity index (χ4v) is 3.92. The molecule has 1 aromatic carbocycles. The summed E-state index contributed by atoms with van der Waals surface area (Å²) < 4.78 is 0. The van der Waals surface area contributed by atoms with E-state index in [1.54, 1.807) is 16.2 Å². The summed E-state index contributed by atoms with van der Waals surface area (Å²) in [6.07, 6.45) is 1.15. The van der Waals surface area contributed by atoms with Crippen molar-refractivity contribution in [2.45, 2.75) is 33.2 Å². The second-order valence-corrected chi connectivity index (χ2v) is 7.49. The van der Waals surface area contributed by atoms with Crippen LogP contribution in [0.3, 0.4) is 0 Å². The second-order valence-electron chi connectivity index (χ2n) is 6.12. The van der Waals surface area contributed by atoms with Crippen LogP contribution in [0.15, 0.2) is 36.4 Å². The van der Waals surface area contributed by atoms with Crippen molar-refractivity contribution in [1.82, 2.24) is 5.32 Å². The molecule has 0 bridgehead atoms. The number of benzene rings is 1. The largest absolute Gasteiger partial charge is 0.351 e. The lowest BCUT2D eigenvalue weighted by Crippen LogP contribution is -2.32. The Balaban J connectivity index is 1.64. The number of para-hydroxylation sites is 1. The van der Waals surface area contributed by atoms with Crippen molar-refractivity contribution in [1.29, 1.82) is 0 Å². The van der Waals surface area contributed by atoms with Gasteiger partial charge in [-0.25, -0.2) is 0 Å². The monoisotopic (exact) mass is 342 g/mol. The molecule has 126 valence electrons. The first-order valence-corrected chi connectivity index (χ1v) is 9.11. The molecule has 1 atom stereocenters. The molecule has 0 radical (unpaired) electrons. The van der Waals surface area contributed by atoms with Crippen LogP contribution in [0.5, 0.6) is 0 Å². The molecule has 1 aliphatic heterocycles. The Kier molecular flexibility index (Phi) is 5.00. The van der Waals surface area contributed by atoms with Crippen LogP contribution in [0.25, 0.3) is 0 Å². The van der Waals surface area contributed by atoms with Crippen LogP contribution in [0, 0.1) is 12.8 Å². The summed E-state index contributed by atoms with van der Waals surface area (Å²) in [5.74, 6) is -0.280. The Morgan fingerprint density at radius 1 is 1.29 bits per heavy atom. The summed E-state index contributed by atoms with van der Waals surface area (Å²) >= 11 is 1.68. The van der Waals surface area contributed by atoms with Gasteiger partial charge in [0.2, 0.25) is 11.8 Å². The molecule has 1 saturated heterocycles. The van der Waals surface area contributed by atoms with Gasteiger partial charge in [-0.1, -0.05) is 25.1 Å². The van der Waals surface area contributed by atoms with Gasteiger partial charge in [0.25, 0.3) is 0 Å². The zero-order chi connectivity index (χ0) is 17.1. The van der Waals surface area contributed by atoms with Crippen LogP contribution in [-0.4, -0.2) is 18.4 Å². The summed E-state index contributed by atoms with van der Waals surface area (Å²) in [6, 6.07) is 12.0. The first-order chi connectivity index (χ1) is 11.6. The molecular formula is C19H22N2O2S. The van der Waals surface area contributed by atoms with Gasteiger partial charge in [-0.15, -0.1) is 11.3 Å². The predicted molar refractivity (Wildman–Crippen MR) is 97.2 cm³/mol. The van der Waals surface area contributed by atoms with Crippen molar-refractivity contribution in [3.8, 4) is 0 Å². The van der Waals surface area contributed by atoms with Crippen molar-refractivity contribution >= 4 is 28.8 Å². The standard InChI is InChI=1S/C19H22N2O2S/c1-3-14-6-4-5-7-17(14)21-12-15(10-18(21)22)19(23)20-11-16-9-8-13(2)24-16/h4-9,15H,3,10-12H2,1-2H3,(H,20,23)/t15-/m0/s1. The molecule has 5 heteroatoms. The Morgan fingerprint density at radius 3 is 2.79 bits per heavy atom. The van der Waals surface area contributed by atoms with Gasteiger partial charge in [-0.2, -0.15) is 0 Å².